The molecule has 3 amide bonds. The number of amides is 3. The Morgan fingerprint density at radius 2 is 1.79 bits per heavy atom. The third-order valence-corrected chi connectivity index (χ3v) is 10.6. The Labute approximate surface area is 234 Å². The van der Waals surface area contributed by atoms with E-state index in [0.29, 0.717) is 19.6 Å². The van der Waals surface area contributed by atoms with Crippen LogP contribution in [0, 0.1) is 23.2 Å². The lowest BCUT2D eigenvalue weighted by molar-refractivity contribution is -0.147. The van der Waals surface area contributed by atoms with E-state index in [1.54, 1.807) is 28.8 Å². The Hall–Kier alpha value is -1.80. The van der Waals surface area contributed by atoms with Crippen LogP contribution < -0.4 is 0 Å². The maximum atomic E-state index is 14.7. The predicted molar refractivity (Wildman–Crippen MR) is 155 cm³/mol. The second-order valence-corrected chi connectivity index (χ2v) is 14.7. The molecule has 3 unspecified atom stereocenters. The second kappa shape index (κ2) is 11.4. The number of hydrogen-bond acceptors (Lipinski definition) is 5. The predicted octanol–water partition coefficient (Wildman–Crippen LogP) is 3.97. The van der Waals surface area contributed by atoms with Crippen molar-refractivity contribution in [2.45, 2.75) is 89.3 Å². The highest BCUT2D eigenvalue weighted by atomic mass is 32.2. The van der Waals surface area contributed by atoms with E-state index in [0.717, 1.165) is 19.3 Å². The van der Waals surface area contributed by atoms with Gasteiger partial charge < -0.3 is 19.8 Å². The number of aliphatic hydroxyl groups excluding tert-OH is 1. The molecular formula is C30H49N3O4S. The SMILES string of the molecule is C=CCN(CCC)C(=O)[C@@H]1[C@H]2C(=O)N(CCO)C(C(=O)N(CC=C)C(C)(C)CC(C)(C)C)C23S[C@@H]1CC3C. The third kappa shape index (κ3) is 5.19. The Balaban J connectivity index is 2.10. The lowest BCUT2D eigenvalue weighted by Crippen LogP contribution is -2.61. The minimum Gasteiger partial charge on any atom is -0.395 e. The van der Waals surface area contributed by atoms with E-state index in [9.17, 15) is 19.5 Å². The van der Waals surface area contributed by atoms with Crippen LogP contribution in [-0.2, 0) is 14.4 Å². The summed E-state index contributed by atoms with van der Waals surface area (Å²) in [5.41, 5.74) is -0.493. The van der Waals surface area contributed by atoms with Gasteiger partial charge in [0.2, 0.25) is 17.7 Å². The number of carbonyl (C=O) groups is 3. The van der Waals surface area contributed by atoms with E-state index in [-0.39, 0.29) is 47.5 Å². The molecule has 8 heteroatoms. The van der Waals surface area contributed by atoms with E-state index < -0.39 is 28.2 Å². The monoisotopic (exact) mass is 547 g/mol. The van der Waals surface area contributed by atoms with Gasteiger partial charge >= 0.3 is 0 Å². The van der Waals surface area contributed by atoms with Gasteiger partial charge in [0.05, 0.1) is 23.2 Å². The first kappa shape index (κ1) is 30.7. The van der Waals surface area contributed by atoms with E-state index in [4.69, 9.17) is 0 Å². The van der Waals surface area contributed by atoms with Crippen molar-refractivity contribution in [1.29, 1.82) is 0 Å². The van der Waals surface area contributed by atoms with E-state index >= 15 is 0 Å². The van der Waals surface area contributed by atoms with Crippen LogP contribution in [0.25, 0.3) is 0 Å². The van der Waals surface area contributed by atoms with Gasteiger partial charge in [-0.25, -0.2) is 0 Å². The zero-order valence-corrected chi connectivity index (χ0v) is 25.4. The molecule has 3 rings (SSSR count). The lowest BCUT2D eigenvalue weighted by Gasteiger charge is -2.47. The quantitative estimate of drug-likeness (QED) is 0.374. The molecule has 1 N–H and O–H groups in total. The number of likely N-dealkylation sites (tertiary alicyclic amines) is 1. The summed E-state index contributed by atoms with van der Waals surface area (Å²) < 4.78 is -0.697. The number of carbonyl (C=O) groups excluding carboxylic acids is 3. The van der Waals surface area contributed by atoms with Gasteiger partial charge in [0.15, 0.2) is 0 Å². The van der Waals surface area contributed by atoms with Crippen molar-refractivity contribution in [2.24, 2.45) is 23.2 Å². The molecule has 6 atom stereocenters. The zero-order valence-electron chi connectivity index (χ0n) is 24.5. The topological polar surface area (TPSA) is 81.2 Å². The van der Waals surface area contributed by atoms with Crippen LogP contribution in [0.15, 0.2) is 25.3 Å². The van der Waals surface area contributed by atoms with Crippen LogP contribution >= 0.6 is 11.8 Å². The maximum Gasteiger partial charge on any atom is 0.247 e. The van der Waals surface area contributed by atoms with Crippen molar-refractivity contribution in [3.05, 3.63) is 25.3 Å². The summed E-state index contributed by atoms with van der Waals surface area (Å²) in [7, 11) is 0. The first-order valence-electron chi connectivity index (χ1n) is 14.1. The normalized spacial score (nSPS) is 30.4. The van der Waals surface area contributed by atoms with Crippen molar-refractivity contribution in [2.75, 3.05) is 32.8 Å². The molecule has 0 saturated carbocycles. The third-order valence-electron chi connectivity index (χ3n) is 8.53. The summed E-state index contributed by atoms with van der Waals surface area (Å²) in [6.45, 7) is 23.8. The summed E-state index contributed by atoms with van der Waals surface area (Å²) in [5, 5.41) is 9.97. The zero-order chi connectivity index (χ0) is 28.6. The molecule has 0 aromatic heterocycles. The van der Waals surface area contributed by atoms with Gasteiger partial charge in [0.25, 0.3) is 0 Å². The van der Waals surface area contributed by atoms with Gasteiger partial charge in [-0.15, -0.1) is 24.9 Å². The molecule has 2 bridgehead atoms. The first-order valence-corrected chi connectivity index (χ1v) is 15.0. The number of hydrogen-bond donors (Lipinski definition) is 1. The van der Waals surface area contributed by atoms with Gasteiger partial charge in [-0.3, -0.25) is 14.4 Å². The van der Waals surface area contributed by atoms with Crippen molar-refractivity contribution in [3.63, 3.8) is 0 Å². The van der Waals surface area contributed by atoms with Gasteiger partial charge in [0, 0.05) is 37.0 Å². The summed E-state index contributed by atoms with van der Waals surface area (Å²) in [5.74, 6) is -1.24. The molecule has 3 saturated heterocycles. The average Bonchev–Trinajstić information content (AvgIpc) is 3.39. The number of aliphatic hydroxyl groups is 1. The summed E-state index contributed by atoms with van der Waals surface area (Å²) in [4.78, 5) is 48.0. The summed E-state index contributed by atoms with van der Waals surface area (Å²) >= 11 is 1.69. The second-order valence-electron chi connectivity index (χ2n) is 13.2. The largest absolute Gasteiger partial charge is 0.395 e. The highest BCUT2D eigenvalue weighted by Gasteiger charge is 2.76. The highest BCUT2D eigenvalue weighted by molar-refractivity contribution is 8.02. The molecule has 214 valence electrons. The molecule has 3 fully saturated rings. The minimum absolute atomic E-state index is 0.00219. The first-order chi connectivity index (χ1) is 17.7. The van der Waals surface area contributed by atoms with Crippen molar-refractivity contribution >= 4 is 29.5 Å². The molecule has 3 aliphatic heterocycles. The van der Waals surface area contributed by atoms with Crippen LogP contribution in [0.3, 0.4) is 0 Å². The molecule has 0 aromatic rings. The van der Waals surface area contributed by atoms with E-state index in [1.807, 2.05) is 16.7 Å². The Morgan fingerprint density at radius 3 is 2.32 bits per heavy atom. The van der Waals surface area contributed by atoms with Crippen LogP contribution in [0.2, 0.25) is 0 Å². The molecule has 38 heavy (non-hydrogen) atoms. The van der Waals surface area contributed by atoms with Gasteiger partial charge in [-0.05, 0) is 44.4 Å². The molecule has 3 aliphatic rings. The molecule has 0 aliphatic carbocycles. The smallest absolute Gasteiger partial charge is 0.247 e. The molecule has 3 heterocycles. The van der Waals surface area contributed by atoms with Crippen molar-refractivity contribution < 1.29 is 19.5 Å². The maximum absolute atomic E-state index is 14.7. The number of fused-ring (bicyclic) bond motifs is 1. The number of thioether (sulfide) groups is 1. The standard InChI is InChI=1S/C30H49N3O4S/c1-10-13-31(14-11-2)25(35)22-21-18-20(4)30(38-21)23(22)26(36)32(16-17-34)24(30)27(37)33(15-12-3)29(8,9)19-28(5,6)7/h10,12,20-24,34H,1,3,11,13-19H2,2,4-9H3/t20?,21-,22+,23+,24?,30?/m1/s1. The molecular weight excluding hydrogens is 498 g/mol. The van der Waals surface area contributed by atoms with Crippen molar-refractivity contribution in [3.8, 4) is 0 Å². The molecule has 0 aromatic carbocycles. The van der Waals surface area contributed by atoms with E-state index in [2.05, 4.69) is 54.7 Å². The van der Waals surface area contributed by atoms with Gasteiger partial charge in [-0.2, -0.15) is 0 Å². The van der Waals surface area contributed by atoms with Gasteiger partial charge in [0.1, 0.15) is 6.04 Å². The number of nitrogens with zero attached hydrogens (tertiary/aromatic N) is 3. The number of β-amino-alcohol motifs (C(OH)–C–C–N with tert-alkyl or cyclic N) is 1. The fourth-order valence-corrected chi connectivity index (χ4v) is 10.1. The van der Waals surface area contributed by atoms with Crippen LogP contribution in [0.4, 0.5) is 0 Å². The fraction of sp³-hybridized carbons (Fsp3) is 0.767. The average molecular weight is 548 g/mol. The fourth-order valence-electron chi connectivity index (χ4n) is 7.66. The van der Waals surface area contributed by atoms with Crippen LogP contribution in [0.5, 0.6) is 0 Å². The summed E-state index contributed by atoms with van der Waals surface area (Å²) in [6.07, 6.45) is 5.87. The Kier molecular flexibility index (Phi) is 9.19. The lowest BCUT2D eigenvalue weighted by atomic mass is 9.65. The summed E-state index contributed by atoms with van der Waals surface area (Å²) in [6, 6.07) is -0.729. The molecule has 7 nitrogen and oxygen atoms in total. The van der Waals surface area contributed by atoms with Crippen molar-refractivity contribution in [1.82, 2.24) is 14.7 Å². The highest BCUT2D eigenvalue weighted by Crippen LogP contribution is 2.69. The minimum atomic E-state index is -0.729. The number of rotatable bonds is 12. The Morgan fingerprint density at radius 1 is 1.16 bits per heavy atom. The van der Waals surface area contributed by atoms with Crippen LogP contribution in [-0.4, -0.2) is 91.9 Å². The van der Waals surface area contributed by atoms with Crippen LogP contribution in [0.1, 0.15) is 67.7 Å². The van der Waals surface area contributed by atoms with Gasteiger partial charge in [-0.1, -0.05) is 46.8 Å². The molecule has 0 radical (unpaired) electrons. The molecule has 1 spiro atoms. The Bertz CT molecular complexity index is 944. The van der Waals surface area contributed by atoms with E-state index in [1.165, 1.54) is 0 Å².